The molecule has 1 aromatic rings. The van der Waals surface area contributed by atoms with Gasteiger partial charge in [-0.1, -0.05) is 32.0 Å². The maximum Gasteiger partial charge on any atom is 0.227 e. The molecule has 0 aromatic heterocycles. The van der Waals surface area contributed by atoms with Crippen LogP contribution < -0.4 is 4.90 Å². The van der Waals surface area contributed by atoms with Gasteiger partial charge in [-0.15, -0.1) is 0 Å². The van der Waals surface area contributed by atoms with Crippen LogP contribution in [0.2, 0.25) is 0 Å². The van der Waals surface area contributed by atoms with E-state index in [-0.39, 0.29) is 11.9 Å². The number of carbonyl (C=O) groups is 1. The molecular weight excluding hydrogens is 260 g/mol. The second-order valence-electron chi connectivity index (χ2n) is 6.52. The lowest BCUT2D eigenvalue weighted by atomic mass is 10.1. The van der Waals surface area contributed by atoms with Crippen molar-refractivity contribution in [2.75, 3.05) is 19.0 Å². The van der Waals surface area contributed by atoms with Crippen molar-refractivity contribution in [2.45, 2.75) is 51.6 Å². The zero-order chi connectivity index (χ0) is 15.4. The van der Waals surface area contributed by atoms with Crippen molar-refractivity contribution in [3.8, 4) is 0 Å². The highest BCUT2D eigenvalue weighted by atomic mass is 16.2. The van der Waals surface area contributed by atoms with Crippen molar-refractivity contribution in [3.63, 3.8) is 0 Å². The Bertz CT molecular complexity index is 458. The molecule has 21 heavy (non-hydrogen) atoms. The molecule has 1 aromatic carbocycles. The first-order chi connectivity index (χ1) is 10.0. The fourth-order valence-electron chi connectivity index (χ4n) is 3.51. The van der Waals surface area contributed by atoms with E-state index in [0.717, 1.165) is 18.5 Å². The number of carbonyl (C=O) groups excluding carboxylic acids is 1. The van der Waals surface area contributed by atoms with Gasteiger partial charge in [0.15, 0.2) is 0 Å². The number of anilines is 1. The zero-order valence-corrected chi connectivity index (χ0v) is 13.7. The number of hydrogen-bond acceptors (Lipinski definition) is 2. The summed E-state index contributed by atoms with van der Waals surface area (Å²) >= 11 is 0. The van der Waals surface area contributed by atoms with E-state index in [0.29, 0.717) is 18.4 Å². The van der Waals surface area contributed by atoms with Crippen LogP contribution in [0, 0.1) is 5.92 Å². The molecule has 1 saturated carbocycles. The first kappa shape index (κ1) is 16.0. The molecule has 0 aliphatic heterocycles. The molecule has 0 heterocycles. The molecular formula is C18H28N2O. The topological polar surface area (TPSA) is 23.6 Å². The molecule has 2 rings (SSSR count). The molecule has 0 bridgehead atoms. The van der Waals surface area contributed by atoms with Crippen LogP contribution in [0.3, 0.4) is 0 Å². The minimum absolute atomic E-state index is 0.259. The van der Waals surface area contributed by atoms with Crippen LogP contribution in [-0.4, -0.2) is 37.0 Å². The number of likely N-dealkylation sites (N-methyl/N-ethyl adjacent to an activating group) is 1. The van der Waals surface area contributed by atoms with E-state index < -0.39 is 0 Å². The lowest BCUT2D eigenvalue weighted by Gasteiger charge is -2.36. The summed E-state index contributed by atoms with van der Waals surface area (Å²) in [5, 5.41) is 0. The summed E-state index contributed by atoms with van der Waals surface area (Å²) in [6.07, 6.45) is 3.78. The van der Waals surface area contributed by atoms with Crippen molar-refractivity contribution < 1.29 is 4.79 Å². The van der Waals surface area contributed by atoms with Crippen molar-refractivity contribution in [1.29, 1.82) is 0 Å². The highest BCUT2D eigenvalue weighted by Gasteiger charge is 2.39. The summed E-state index contributed by atoms with van der Waals surface area (Å²) in [7, 11) is 4.26. The fourth-order valence-corrected chi connectivity index (χ4v) is 3.51. The molecule has 0 radical (unpaired) electrons. The fraction of sp³-hybridized carbons (Fsp3) is 0.611. The Kier molecular flexibility index (Phi) is 5.40. The maximum atomic E-state index is 12.7. The van der Waals surface area contributed by atoms with Gasteiger partial charge in [0.25, 0.3) is 0 Å². The maximum absolute atomic E-state index is 12.7. The largest absolute Gasteiger partial charge is 0.308 e. The second kappa shape index (κ2) is 7.08. The van der Waals surface area contributed by atoms with Crippen molar-refractivity contribution in [1.82, 2.24) is 4.90 Å². The van der Waals surface area contributed by atoms with Gasteiger partial charge in [0, 0.05) is 18.2 Å². The standard InChI is InChI=1S/C18H28N2O/c1-5-9-18(21)20(15-10-7-6-8-11-15)17-13-14(2)12-16(17)19(3)4/h6-8,10-11,14,16-17H,5,9,12-13H2,1-4H3. The van der Waals surface area contributed by atoms with E-state index in [2.05, 4.69) is 49.9 Å². The molecule has 1 aliphatic carbocycles. The zero-order valence-electron chi connectivity index (χ0n) is 13.7. The molecule has 3 nitrogen and oxygen atoms in total. The Hall–Kier alpha value is -1.35. The normalized spacial score (nSPS) is 25.3. The van der Waals surface area contributed by atoms with Crippen LogP contribution >= 0.6 is 0 Å². The van der Waals surface area contributed by atoms with Gasteiger partial charge in [-0.25, -0.2) is 0 Å². The number of rotatable bonds is 5. The molecule has 0 saturated heterocycles. The Morgan fingerprint density at radius 2 is 1.76 bits per heavy atom. The Labute approximate surface area is 128 Å². The van der Waals surface area contributed by atoms with Gasteiger partial charge >= 0.3 is 0 Å². The summed E-state index contributed by atoms with van der Waals surface area (Å²) < 4.78 is 0. The molecule has 1 fully saturated rings. The Morgan fingerprint density at radius 3 is 2.33 bits per heavy atom. The van der Waals surface area contributed by atoms with E-state index in [1.54, 1.807) is 0 Å². The average molecular weight is 288 g/mol. The third kappa shape index (κ3) is 3.65. The van der Waals surface area contributed by atoms with Crippen LogP contribution in [0.1, 0.15) is 39.5 Å². The SMILES string of the molecule is CCCC(=O)N(c1ccccc1)C1CC(C)CC1N(C)C. The number of para-hydroxylation sites is 1. The van der Waals surface area contributed by atoms with E-state index >= 15 is 0 Å². The molecule has 3 atom stereocenters. The Morgan fingerprint density at radius 1 is 1.14 bits per heavy atom. The predicted molar refractivity (Wildman–Crippen MR) is 88.5 cm³/mol. The summed E-state index contributed by atoms with van der Waals surface area (Å²) in [5.41, 5.74) is 1.04. The quantitative estimate of drug-likeness (QED) is 0.827. The highest BCUT2D eigenvalue weighted by Crippen LogP contribution is 2.35. The van der Waals surface area contributed by atoms with Crippen LogP contribution in [0.5, 0.6) is 0 Å². The monoisotopic (exact) mass is 288 g/mol. The van der Waals surface area contributed by atoms with E-state index in [9.17, 15) is 4.79 Å². The summed E-state index contributed by atoms with van der Waals surface area (Å²) in [4.78, 5) is 17.1. The summed E-state index contributed by atoms with van der Waals surface area (Å²) in [5.74, 6) is 0.928. The van der Waals surface area contributed by atoms with Gasteiger partial charge in [-0.2, -0.15) is 0 Å². The van der Waals surface area contributed by atoms with Crippen LogP contribution in [-0.2, 0) is 4.79 Å². The van der Waals surface area contributed by atoms with Gasteiger partial charge in [0.05, 0.1) is 6.04 Å². The molecule has 3 heteroatoms. The van der Waals surface area contributed by atoms with E-state index in [4.69, 9.17) is 0 Å². The lowest BCUT2D eigenvalue weighted by molar-refractivity contribution is -0.119. The first-order valence-electron chi connectivity index (χ1n) is 8.08. The van der Waals surface area contributed by atoms with Gasteiger partial charge in [0.2, 0.25) is 5.91 Å². The minimum atomic E-state index is 0.259. The van der Waals surface area contributed by atoms with Crippen molar-refractivity contribution in [3.05, 3.63) is 30.3 Å². The first-order valence-corrected chi connectivity index (χ1v) is 8.08. The van der Waals surface area contributed by atoms with Crippen molar-refractivity contribution >= 4 is 11.6 Å². The van der Waals surface area contributed by atoms with Crippen molar-refractivity contribution in [2.24, 2.45) is 5.92 Å². The average Bonchev–Trinajstić information content (AvgIpc) is 2.82. The van der Waals surface area contributed by atoms with Gasteiger partial charge in [-0.3, -0.25) is 4.79 Å². The number of nitrogens with zero attached hydrogens (tertiary/aromatic N) is 2. The van der Waals surface area contributed by atoms with Crippen LogP contribution in [0.15, 0.2) is 30.3 Å². The predicted octanol–water partition coefficient (Wildman–Crippen LogP) is 3.55. The summed E-state index contributed by atoms with van der Waals surface area (Å²) in [6, 6.07) is 10.9. The van der Waals surface area contributed by atoms with Gasteiger partial charge in [0.1, 0.15) is 0 Å². The highest BCUT2D eigenvalue weighted by molar-refractivity contribution is 5.94. The van der Waals surface area contributed by atoms with E-state index in [1.807, 2.05) is 18.2 Å². The smallest absolute Gasteiger partial charge is 0.227 e. The number of hydrogen-bond donors (Lipinski definition) is 0. The van der Waals surface area contributed by atoms with Gasteiger partial charge < -0.3 is 9.80 Å². The third-order valence-electron chi connectivity index (χ3n) is 4.49. The number of benzene rings is 1. The summed E-state index contributed by atoms with van der Waals surface area (Å²) in [6.45, 7) is 4.37. The molecule has 1 amide bonds. The molecule has 0 N–H and O–H groups in total. The third-order valence-corrected chi connectivity index (χ3v) is 4.49. The second-order valence-corrected chi connectivity index (χ2v) is 6.52. The molecule has 0 spiro atoms. The minimum Gasteiger partial charge on any atom is -0.308 e. The van der Waals surface area contributed by atoms with E-state index in [1.165, 1.54) is 6.42 Å². The van der Waals surface area contributed by atoms with Crippen LogP contribution in [0.4, 0.5) is 5.69 Å². The van der Waals surface area contributed by atoms with Crippen LogP contribution in [0.25, 0.3) is 0 Å². The van der Waals surface area contributed by atoms with Gasteiger partial charge in [-0.05, 0) is 51.4 Å². The lowest BCUT2D eigenvalue weighted by Crippen LogP contribution is -2.49. The number of amides is 1. The Balaban J connectivity index is 2.33. The molecule has 116 valence electrons. The molecule has 1 aliphatic rings. The molecule has 3 unspecified atom stereocenters.